The molecule has 1 heterocycles. The predicted molar refractivity (Wildman–Crippen MR) is 57.5 cm³/mol. The Morgan fingerprint density at radius 3 is 2.64 bits per heavy atom. The Kier molecular flexibility index (Phi) is 0.812. The number of aryl methyl sites for hydroxylation is 1. The van der Waals surface area contributed by atoms with E-state index in [1.165, 1.54) is 0 Å². The highest BCUT2D eigenvalue weighted by Crippen LogP contribution is 2.20. The Morgan fingerprint density at radius 1 is 1.43 bits per heavy atom. The van der Waals surface area contributed by atoms with Crippen LogP contribution in [0.4, 0.5) is 0 Å². The van der Waals surface area contributed by atoms with Gasteiger partial charge in [0.2, 0.25) is 0 Å². The van der Waals surface area contributed by atoms with Crippen LogP contribution < -0.4 is 5.46 Å². The summed E-state index contributed by atoms with van der Waals surface area (Å²) in [5.41, 5.74) is -5.90. The number of hydrogen-bond acceptors (Lipinski definition) is 3. The Morgan fingerprint density at radius 2 is 2.14 bits per heavy atom. The van der Waals surface area contributed by atoms with Gasteiger partial charge in [0, 0.05) is 33.8 Å². The molecule has 0 atom stereocenters. The van der Waals surface area contributed by atoms with Crippen LogP contribution in [0.25, 0.3) is 0 Å². The lowest BCUT2D eigenvalue weighted by atomic mass is 9.76. The molecule has 1 rings (SSSR count). The molecule has 2 N–H and O–H groups in total. The monoisotopic (exact) mass is 205 g/mol. The van der Waals surface area contributed by atoms with Crippen LogP contribution in [0.5, 0.6) is 0 Å². The molecule has 3 nitrogen and oxygen atoms in total. The quantitative estimate of drug-likeness (QED) is 0.651. The summed E-state index contributed by atoms with van der Waals surface area (Å²) in [5.74, 6) is 0. The first-order chi connectivity index (χ1) is 11.3. The molecule has 0 unspecified atom stereocenters. The highest BCUT2D eigenvalue weighted by atomic mass is 16.4. The zero-order chi connectivity index (χ0) is 20.9. The standard InChI is InChI=1S/C10H16BNO2/c1-7-9(11(13)14)5-8(6-12-7)10(2,3)4/h5-6,13-14H,1-4H3/i1D3,2D3,3D3,4D3. The smallest absolute Gasteiger partial charge is 0.423 e. The van der Waals surface area contributed by atoms with E-state index in [-0.39, 0.29) is 0 Å². The lowest BCUT2D eigenvalue weighted by Crippen LogP contribution is -2.34. The third-order valence-corrected chi connectivity index (χ3v) is 1.63. The Labute approximate surface area is 102 Å². The highest BCUT2D eigenvalue weighted by molar-refractivity contribution is 6.59. The molecule has 76 valence electrons. The number of rotatable bonds is 1. The van der Waals surface area contributed by atoms with E-state index < -0.39 is 56.7 Å². The van der Waals surface area contributed by atoms with Gasteiger partial charge < -0.3 is 10.0 Å². The van der Waals surface area contributed by atoms with E-state index in [9.17, 15) is 10.0 Å². The average Bonchev–Trinajstić information content (AvgIpc) is 2.32. The molecule has 0 aliphatic heterocycles. The van der Waals surface area contributed by atoms with E-state index >= 15 is 0 Å². The van der Waals surface area contributed by atoms with Crippen molar-refractivity contribution in [3.8, 4) is 0 Å². The minimum absolute atomic E-state index is 0.526. The fraction of sp³-hybridized carbons (Fsp3) is 0.500. The SMILES string of the molecule is [2H]C([2H])([2H])c1ncc(C(C([2H])([2H])[2H])(C([2H])([2H])[2H])C([2H])([2H])[2H])cc1B(O)O. The van der Waals surface area contributed by atoms with Crippen LogP contribution in [0.3, 0.4) is 0 Å². The molecule has 0 bridgehead atoms. The minimum Gasteiger partial charge on any atom is -0.423 e. The van der Waals surface area contributed by atoms with E-state index in [2.05, 4.69) is 4.98 Å². The van der Waals surface area contributed by atoms with E-state index in [0.717, 1.165) is 0 Å². The van der Waals surface area contributed by atoms with Crippen molar-refractivity contribution in [1.29, 1.82) is 0 Å². The molecule has 0 spiro atoms. The van der Waals surface area contributed by atoms with Gasteiger partial charge in [-0.3, -0.25) is 4.98 Å². The summed E-state index contributed by atoms with van der Waals surface area (Å²) in [4.78, 5) is 3.45. The number of aromatic nitrogens is 1. The Balaban J connectivity index is 4.00. The van der Waals surface area contributed by atoms with E-state index in [1.807, 2.05) is 0 Å². The maximum absolute atomic E-state index is 9.41. The fourth-order valence-corrected chi connectivity index (χ4v) is 0.884. The molecule has 1 aromatic heterocycles. The first kappa shape index (κ1) is 3.06. The van der Waals surface area contributed by atoms with Crippen LogP contribution in [0.1, 0.15) is 48.3 Å². The Hall–Kier alpha value is -0.865. The second kappa shape index (κ2) is 3.71. The summed E-state index contributed by atoms with van der Waals surface area (Å²) in [6.07, 6.45) is 0.526. The van der Waals surface area contributed by atoms with Crippen LogP contribution in [-0.4, -0.2) is 22.2 Å². The third kappa shape index (κ3) is 2.33. The summed E-state index contributed by atoms with van der Waals surface area (Å²) >= 11 is 0. The van der Waals surface area contributed by atoms with Crippen LogP contribution in [0.15, 0.2) is 12.3 Å². The number of pyridine rings is 1. The van der Waals surface area contributed by atoms with Crippen LogP contribution >= 0.6 is 0 Å². The molecule has 4 heteroatoms. The molecule has 0 saturated heterocycles. The molecule has 0 aliphatic carbocycles. The highest BCUT2D eigenvalue weighted by Gasteiger charge is 2.20. The molecular formula is C10H16BNO2. The number of hydrogen-bond donors (Lipinski definition) is 2. The lowest BCUT2D eigenvalue weighted by molar-refractivity contribution is 0.425. The van der Waals surface area contributed by atoms with Crippen molar-refractivity contribution in [2.45, 2.75) is 32.8 Å². The molecule has 0 fully saturated rings. The molecule has 0 amide bonds. The van der Waals surface area contributed by atoms with Gasteiger partial charge >= 0.3 is 7.12 Å². The van der Waals surface area contributed by atoms with Crippen LogP contribution in [0.2, 0.25) is 0 Å². The van der Waals surface area contributed by atoms with Gasteiger partial charge in [-0.1, -0.05) is 26.6 Å². The van der Waals surface area contributed by atoms with E-state index in [1.54, 1.807) is 0 Å². The van der Waals surface area contributed by atoms with Crippen molar-refractivity contribution >= 4 is 12.6 Å². The second-order valence-electron chi connectivity index (χ2n) is 2.79. The maximum Gasteiger partial charge on any atom is 0.490 e. The normalized spacial score (nSPS) is 27.9. The first-order valence-electron chi connectivity index (χ1n) is 9.65. The van der Waals surface area contributed by atoms with Gasteiger partial charge in [-0.25, -0.2) is 0 Å². The molecular weight excluding hydrogens is 177 g/mol. The zero-order valence-electron chi connectivity index (χ0n) is 19.1. The maximum atomic E-state index is 9.41. The van der Waals surface area contributed by atoms with E-state index in [0.29, 0.717) is 12.3 Å². The van der Waals surface area contributed by atoms with Gasteiger partial charge in [0.05, 0.1) is 0 Å². The topological polar surface area (TPSA) is 53.4 Å². The minimum atomic E-state index is -3.58. The first-order valence-corrected chi connectivity index (χ1v) is 3.65. The third-order valence-electron chi connectivity index (χ3n) is 1.63. The molecule has 0 radical (unpaired) electrons. The molecule has 0 aromatic carbocycles. The van der Waals surface area contributed by atoms with Crippen LogP contribution in [-0.2, 0) is 5.41 Å². The molecule has 14 heavy (non-hydrogen) atoms. The largest absolute Gasteiger partial charge is 0.490 e. The van der Waals surface area contributed by atoms with Gasteiger partial charge in [0.25, 0.3) is 0 Å². The summed E-state index contributed by atoms with van der Waals surface area (Å²) in [6, 6.07) is 0.546. The summed E-state index contributed by atoms with van der Waals surface area (Å²) in [7, 11) is -2.44. The van der Waals surface area contributed by atoms with Crippen molar-refractivity contribution in [3.63, 3.8) is 0 Å². The van der Waals surface area contributed by atoms with Crippen molar-refractivity contribution in [2.24, 2.45) is 0 Å². The number of nitrogens with zero attached hydrogens (tertiary/aromatic N) is 1. The Bertz CT molecular complexity index is 624. The van der Waals surface area contributed by atoms with Gasteiger partial charge in [-0.15, -0.1) is 0 Å². The van der Waals surface area contributed by atoms with Crippen LogP contribution in [0, 0.1) is 6.85 Å². The zero-order valence-corrected chi connectivity index (χ0v) is 7.07. The summed E-state index contributed by atoms with van der Waals surface area (Å²) < 4.78 is 90.3. The average molecular weight is 205 g/mol. The molecule has 0 aliphatic rings. The van der Waals surface area contributed by atoms with Crippen molar-refractivity contribution in [2.75, 3.05) is 0 Å². The van der Waals surface area contributed by atoms with Gasteiger partial charge in [0.1, 0.15) is 0 Å². The molecule has 0 saturated carbocycles. The van der Waals surface area contributed by atoms with Crippen molar-refractivity contribution < 1.29 is 26.5 Å². The second-order valence-corrected chi connectivity index (χ2v) is 2.79. The van der Waals surface area contributed by atoms with Gasteiger partial charge in [0.15, 0.2) is 0 Å². The van der Waals surface area contributed by atoms with Crippen molar-refractivity contribution in [1.82, 2.24) is 4.98 Å². The lowest BCUT2D eigenvalue weighted by Gasteiger charge is -2.19. The van der Waals surface area contributed by atoms with Crippen molar-refractivity contribution in [3.05, 3.63) is 23.5 Å². The molecule has 1 aromatic rings. The predicted octanol–water partition coefficient (Wildman–Crippen LogP) is 0.367. The van der Waals surface area contributed by atoms with Gasteiger partial charge in [-0.2, -0.15) is 0 Å². The van der Waals surface area contributed by atoms with Gasteiger partial charge in [-0.05, 0) is 17.8 Å². The summed E-state index contributed by atoms with van der Waals surface area (Å²) in [5, 5.41) is 18.8. The fourth-order valence-electron chi connectivity index (χ4n) is 0.884. The summed E-state index contributed by atoms with van der Waals surface area (Å²) in [6.45, 7) is -13.7. The van der Waals surface area contributed by atoms with E-state index in [4.69, 9.17) is 16.4 Å².